The van der Waals surface area contributed by atoms with Crippen molar-refractivity contribution in [2.75, 3.05) is 0 Å². The van der Waals surface area contributed by atoms with Gasteiger partial charge in [0.2, 0.25) is 0 Å². The molecular weight excluding hydrogens is 283 g/mol. The summed E-state index contributed by atoms with van der Waals surface area (Å²) in [5.74, 6) is -2.94. The van der Waals surface area contributed by atoms with Crippen molar-refractivity contribution in [3.05, 3.63) is 27.3 Å². The van der Waals surface area contributed by atoms with E-state index >= 15 is 0 Å². The third kappa shape index (κ3) is 3.56. The van der Waals surface area contributed by atoms with E-state index in [1.54, 1.807) is 0 Å². The van der Waals surface area contributed by atoms with Gasteiger partial charge < -0.3 is 14.9 Å². The lowest BCUT2D eigenvalue weighted by Crippen LogP contribution is -2.19. The molecule has 1 heterocycles. The van der Waals surface area contributed by atoms with Crippen molar-refractivity contribution in [1.82, 2.24) is 4.98 Å². The van der Waals surface area contributed by atoms with Gasteiger partial charge in [-0.15, -0.1) is 13.2 Å². The lowest BCUT2D eigenvalue weighted by Gasteiger charge is -2.08. The van der Waals surface area contributed by atoms with Crippen molar-refractivity contribution in [2.24, 2.45) is 0 Å². The molecule has 0 aromatic carbocycles. The Balaban J connectivity index is 3.45. The van der Waals surface area contributed by atoms with E-state index in [0.29, 0.717) is 0 Å². The molecule has 0 N–H and O–H groups in total. The summed E-state index contributed by atoms with van der Waals surface area (Å²) in [6.07, 6.45) is -8.93. The van der Waals surface area contributed by atoms with E-state index in [1.165, 1.54) is 0 Å². The summed E-state index contributed by atoms with van der Waals surface area (Å²) in [4.78, 5) is 22.2. The van der Waals surface area contributed by atoms with Crippen LogP contribution in [0, 0.1) is 10.1 Å². The molecule has 0 saturated heterocycles. The van der Waals surface area contributed by atoms with Gasteiger partial charge in [-0.3, -0.25) is 4.79 Å². The Bertz CT molecular complexity index is 517. The SMILES string of the molecule is O=Cc1cc(OC(F)(F)F)nc([N+](=O)[O-])c1C(F)F. The predicted octanol–water partition coefficient (Wildman–Crippen LogP) is 2.64. The second kappa shape index (κ2) is 5.12. The van der Waals surface area contributed by atoms with Crippen LogP contribution in [0.3, 0.4) is 0 Å². The molecule has 1 aromatic heterocycles. The summed E-state index contributed by atoms with van der Waals surface area (Å²) in [5, 5.41) is 10.5. The predicted molar refractivity (Wildman–Crippen MR) is 47.9 cm³/mol. The number of pyridine rings is 1. The van der Waals surface area contributed by atoms with E-state index in [9.17, 15) is 36.9 Å². The number of hydrogen-bond acceptors (Lipinski definition) is 5. The van der Waals surface area contributed by atoms with Crippen molar-refractivity contribution < 1.29 is 36.4 Å². The van der Waals surface area contributed by atoms with Crippen LogP contribution in [0.15, 0.2) is 6.07 Å². The second-order valence-corrected chi connectivity index (χ2v) is 3.01. The minimum absolute atomic E-state index is 0.245. The third-order valence-electron chi connectivity index (χ3n) is 1.79. The summed E-state index contributed by atoms with van der Waals surface area (Å²) in [6.45, 7) is 0. The molecule has 1 aromatic rings. The van der Waals surface area contributed by atoms with Crippen LogP contribution in [-0.2, 0) is 0 Å². The molecule has 0 bridgehead atoms. The van der Waals surface area contributed by atoms with Crippen LogP contribution in [0.2, 0.25) is 0 Å². The molecule has 0 atom stereocenters. The molecule has 0 aliphatic rings. The fraction of sp³-hybridized carbons (Fsp3) is 0.250. The number of hydrogen-bond donors (Lipinski definition) is 0. The molecule has 11 heteroatoms. The third-order valence-corrected chi connectivity index (χ3v) is 1.79. The summed E-state index contributed by atoms with van der Waals surface area (Å²) in [6, 6.07) is 0.245. The number of rotatable bonds is 4. The molecule has 6 nitrogen and oxygen atoms in total. The van der Waals surface area contributed by atoms with Crippen LogP contribution in [0.1, 0.15) is 22.3 Å². The summed E-state index contributed by atoms with van der Waals surface area (Å²) in [7, 11) is 0. The number of aromatic nitrogens is 1. The highest BCUT2D eigenvalue weighted by molar-refractivity contribution is 5.79. The van der Waals surface area contributed by atoms with E-state index in [2.05, 4.69) is 9.72 Å². The number of aldehydes is 1. The molecule has 0 radical (unpaired) electrons. The zero-order valence-electron chi connectivity index (χ0n) is 8.65. The van der Waals surface area contributed by atoms with Gasteiger partial charge in [0, 0.05) is 16.6 Å². The highest BCUT2D eigenvalue weighted by atomic mass is 19.4. The van der Waals surface area contributed by atoms with Gasteiger partial charge in [0.15, 0.2) is 6.29 Å². The molecule has 0 aliphatic carbocycles. The molecular formula is C8H3F5N2O4. The van der Waals surface area contributed by atoms with Gasteiger partial charge >= 0.3 is 18.1 Å². The van der Waals surface area contributed by atoms with Crippen LogP contribution in [0.5, 0.6) is 5.88 Å². The number of halogens is 5. The molecule has 0 unspecified atom stereocenters. The lowest BCUT2D eigenvalue weighted by atomic mass is 10.1. The first-order chi connectivity index (χ1) is 8.65. The smallest absolute Gasteiger partial charge is 0.366 e. The fourth-order valence-electron chi connectivity index (χ4n) is 1.17. The van der Waals surface area contributed by atoms with Gasteiger partial charge in [0.1, 0.15) is 5.56 Å². The zero-order valence-corrected chi connectivity index (χ0v) is 8.65. The number of alkyl halides is 5. The molecule has 19 heavy (non-hydrogen) atoms. The first-order valence-electron chi connectivity index (χ1n) is 4.34. The van der Waals surface area contributed by atoms with Crippen LogP contribution >= 0.6 is 0 Å². The molecule has 104 valence electrons. The summed E-state index contributed by atoms with van der Waals surface area (Å²) >= 11 is 0. The highest BCUT2D eigenvalue weighted by Crippen LogP contribution is 2.33. The minimum Gasteiger partial charge on any atom is -0.366 e. The maximum atomic E-state index is 12.5. The van der Waals surface area contributed by atoms with Crippen LogP contribution < -0.4 is 4.74 Å². The summed E-state index contributed by atoms with van der Waals surface area (Å²) < 4.78 is 64.0. The Kier molecular flexibility index (Phi) is 3.97. The Morgan fingerprint density at radius 3 is 2.37 bits per heavy atom. The topological polar surface area (TPSA) is 82.3 Å². The van der Waals surface area contributed by atoms with E-state index in [-0.39, 0.29) is 12.4 Å². The number of carbonyl (C=O) groups excluding carboxylic acids is 1. The molecule has 0 amide bonds. The van der Waals surface area contributed by atoms with Crippen LogP contribution in [0.4, 0.5) is 27.8 Å². The zero-order chi connectivity index (χ0) is 14.8. The van der Waals surface area contributed by atoms with Gasteiger partial charge in [-0.25, -0.2) is 8.78 Å². The van der Waals surface area contributed by atoms with Gasteiger partial charge in [-0.05, 0) is 4.92 Å². The fourth-order valence-corrected chi connectivity index (χ4v) is 1.17. The van der Waals surface area contributed by atoms with E-state index in [4.69, 9.17) is 0 Å². The molecule has 0 saturated carbocycles. The van der Waals surface area contributed by atoms with Crippen LogP contribution in [-0.4, -0.2) is 22.6 Å². The van der Waals surface area contributed by atoms with E-state index in [1.807, 2.05) is 0 Å². The lowest BCUT2D eigenvalue weighted by molar-refractivity contribution is -0.391. The number of nitrogens with zero attached hydrogens (tertiary/aromatic N) is 2. The Labute approximate surface area is 101 Å². The molecule has 0 aliphatic heterocycles. The maximum Gasteiger partial charge on any atom is 0.575 e. The highest BCUT2D eigenvalue weighted by Gasteiger charge is 2.36. The van der Waals surface area contributed by atoms with Gasteiger partial charge in [-0.2, -0.15) is 0 Å². The Morgan fingerprint density at radius 2 is 2.00 bits per heavy atom. The standard InChI is InChI=1S/C8H3F5N2O4/c9-6(10)5-3(2-16)1-4(19-8(11,12)13)14-7(5)15(17)18/h1-2,6H. The average molecular weight is 286 g/mol. The monoisotopic (exact) mass is 286 g/mol. The van der Waals surface area contributed by atoms with Crippen molar-refractivity contribution in [2.45, 2.75) is 12.8 Å². The largest absolute Gasteiger partial charge is 0.575 e. The number of carbonyl (C=O) groups is 1. The van der Waals surface area contributed by atoms with Gasteiger partial charge in [-0.1, -0.05) is 0 Å². The quantitative estimate of drug-likeness (QED) is 0.368. The number of nitro groups is 1. The second-order valence-electron chi connectivity index (χ2n) is 3.01. The number of ether oxygens (including phenoxy) is 1. The van der Waals surface area contributed by atoms with E-state index in [0.717, 1.165) is 0 Å². The molecule has 1 rings (SSSR count). The average Bonchev–Trinajstić information content (AvgIpc) is 2.24. The molecule has 0 fully saturated rings. The Morgan fingerprint density at radius 1 is 1.42 bits per heavy atom. The Hall–Kier alpha value is -2.33. The van der Waals surface area contributed by atoms with Crippen molar-refractivity contribution in [3.63, 3.8) is 0 Å². The first-order valence-corrected chi connectivity index (χ1v) is 4.34. The van der Waals surface area contributed by atoms with Crippen molar-refractivity contribution in [3.8, 4) is 5.88 Å². The maximum absolute atomic E-state index is 12.5. The van der Waals surface area contributed by atoms with Crippen LogP contribution in [0.25, 0.3) is 0 Å². The minimum atomic E-state index is -5.23. The molecule has 0 spiro atoms. The van der Waals surface area contributed by atoms with Gasteiger partial charge in [0.05, 0.1) is 0 Å². The first kappa shape index (κ1) is 14.7. The van der Waals surface area contributed by atoms with Gasteiger partial charge in [0.25, 0.3) is 6.43 Å². The van der Waals surface area contributed by atoms with E-state index < -0.39 is 40.5 Å². The summed E-state index contributed by atoms with van der Waals surface area (Å²) in [5.41, 5.74) is -2.37. The normalized spacial score (nSPS) is 11.5. The van der Waals surface area contributed by atoms with Crippen molar-refractivity contribution in [1.29, 1.82) is 0 Å². The van der Waals surface area contributed by atoms with Crippen molar-refractivity contribution >= 4 is 12.1 Å².